The van der Waals surface area contributed by atoms with Gasteiger partial charge in [0.25, 0.3) is 0 Å². The predicted octanol–water partition coefficient (Wildman–Crippen LogP) is 1.96. The van der Waals surface area contributed by atoms with Crippen molar-refractivity contribution in [1.29, 1.82) is 0 Å². The molecule has 0 fully saturated rings. The molecule has 1 rings (SSSR count). The Hall–Kier alpha value is -1.88. The third-order valence-electron chi connectivity index (χ3n) is 2.85. The lowest BCUT2D eigenvalue weighted by Gasteiger charge is -2.12. The van der Waals surface area contributed by atoms with Crippen molar-refractivity contribution in [2.45, 2.75) is 26.7 Å². The second-order valence-corrected chi connectivity index (χ2v) is 4.52. The van der Waals surface area contributed by atoms with Crippen LogP contribution in [0.3, 0.4) is 0 Å². The van der Waals surface area contributed by atoms with Crippen molar-refractivity contribution in [3.05, 3.63) is 24.3 Å². The first-order valence-electron chi connectivity index (χ1n) is 6.42. The van der Waals surface area contributed by atoms with E-state index in [0.717, 1.165) is 6.42 Å². The molecule has 0 aromatic heterocycles. The lowest BCUT2D eigenvalue weighted by molar-refractivity contribution is -0.117. The molecule has 1 aromatic carbocycles. The fourth-order valence-electron chi connectivity index (χ4n) is 1.75. The number of hydrogen-bond donors (Lipinski definition) is 3. The van der Waals surface area contributed by atoms with Gasteiger partial charge in [-0.15, -0.1) is 0 Å². The van der Waals surface area contributed by atoms with Crippen LogP contribution >= 0.6 is 0 Å². The van der Waals surface area contributed by atoms with Crippen LogP contribution in [0.2, 0.25) is 0 Å². The lowest BCUT2D eigenvalue weighted by atomic mass is 10.0. The van der Waals surface area contributed by atoms with E-state index in [4.69, 9.17) is 5.73 Å². The number of rotatable bonds is 6. The maximum atomic E-state index is 11.8. The smallest absolute Gasteiger partial charge is 0.224 e. The van der Waals surface area contributed by atoms with E-state index in [-0.39, 0.29) is 17.7 Å². The molecule has 0 saturated heterocycles. The molecule has 0 aliphatic heterocycles. The van der Waals surface area contributed by atoms with E-state index in [2.05, 4.69) is 10.6 Å². The van der Waals surface area contributed by atoms with Crippen LogP contribution in [0.1, 0.15) is 26.7 Å². The van der Waals surface area contributed by atoms with Gasteiger partial charge in [0.2, 0.25) is 11.8 Å². The van der Waals surface area contributed by atoms with Gasteiger partial charge in [0.15, 0.2) is 0 Å². The molecule has 2 amide bonds. The number of carbonyl (C=O) groups is 2. The van der Waals surface area contributed by atoms with E-state index in [1.165, 1.54) is 6.92 Å². The van der Waals surface area contributed by atoms with E-state index in [1.54, 1.807) is 24.3 Å². The average molecular weight is 263 g/mol. The van der Waals surface area contributed by atoms with Crippen LogP contribution in [0, 0.1) is 5.92 Å². The summed E-state index contributed by atoms with van der Waals surface area (Å²) in [5.74, 6) is 0.00783. The molecule has 0 spiro atoms. The van der Waals surface area contributed by atoms with Crippen LogP contribution in [0.4, 0.5) is 11.4 Å². The summed E-state index contributed by atoms with van der Waals surface area (Å²) in [6, 6.07) is 7.06. The van der Waals surface area contributed by atoms with Crippen LogP contribution in [0.15, 0.2) is 24.3 Å². The summed E-state index contributed by atoms with van der Waals surface area (Å²) in [6.45, 7) is 3.97. The molecule has 0 radical (unpaired) electrons. The van der Waals surface area contributed by atoms with E-state index in [9.17, 15) is 9.59 Å². The third-order valence-corrected chi connectivity index (χ3v) is 2.85. The number of carbonyl (C=O) groups excluding carboxylic acids is 2. The van der Waals surface area contributed by atoms with Crippen molar-refractivity contribution < 1.29 is 9.59 Å². The minimum absolute atomic E-state index is 0.0581. The van der Waals surface area contributed by atoms with Gasteiger partial charge in [0.05, 0.1) is 0 Å². The van der Waals surface area contributed by atoms with Crippen LogP contribution < -0.4 is 16.4 Å². The molecular formula is C14H21N3O2. The molecule has 0 aliphatic rings. The molecule has 1 unspecified atom stereocenters. The fourth-order valence-corrected chi connectivity index (χ4v) is 1.75. The molecule has 0 aliphatic carbocycles. The number of hydrogen-bond acceptors (Lipinski definition) is 3. The lowest BCUT2D eigenvalue weighted by Crippen LogP contribution is -2.21. The molecule has 4 N–H and O–H groups in total. The van der Waals surface area contributed by atoms with Crippen molar-refractivity contribution in [2.75, 3.05) is 17.2 Å². The van der Waals surface area contributed by atoms with Crippen molar-refractivity contribution in [2.24, 2.45) is 11.7 Å². The zero-order valence-corrected chi connectivity index (χ0v) is 11.4. The molecule has 0 saturated carbocycles. The number of nitrogens with one attached hydrogen (secondary N) is 2. The topological polar surface area (TPSA) is 84.2 Å². The molecule has 104 valence electrons. The van der Waals surface area contributed by atoms with Crippen molar-refractivity contribution >= 4 is 23.2 Å². The van der Waals surface area contributed by atoms with E-state index < -0.39 is 0 Å². The highest BCUT2D eigenvalue weighted by Crippen LogP contribution is 2.16. The van der Waals surface area contributed by atoms with Gasteiger partial charge in [-0.2, -0.15) is 0 Å². The van der Waals surface area contributed by atoms with Gasteiger partial charge >= 0.3 is 0 Å². The third kappa shape index (κ3) is 5.52. The summed E-state index contributed by atoms with van der Waals surface area (Å²) in [5.41, 5.74) is 6.91. The number of benzene rings is 1. The second-order valence-electron chi connectivity index (χ2n) is 4.52. The number of nitrogens with two attached hydrogens (primary N) is 1. The Labute approximate surface area is 113 Å². The molecule has 5 heteroatoms. The van der Waals surface area contributed by atoms with Gasteiger partial charge < -0.3 is 16.4 Å². The summed E-state index contributed by atoms with van der Waals surface area (Å²) in [5, 5.41) is 5.48. The molecule has 1 atom stereocenters. The van der Waals surface area contributed by atoms with Gasteiger partial charge in [-0.1, -0.05) is 19.4 Å². The Morgan fingerprint density at radius 2 is 1.89 bits per heavy atom. The Balaban J connectivity index is 2.61. The Morgan fingerprint density at radius 1 is 1.26 bits per heavy atom. The monoisotopic (exact) mass is 263 g/mol. The highest BCUT2D eigenvalue weighted by Gasteiger charge is 2.10. The molecule has 19 heavy (non-hydrogen) atoms. The Bertz CT molecular complexity index is 442. The van der Waals surface area contributed by atoms with Gasteiger partial charge in [-0.05, 0) is 30.7 Å². The van der Waals surface area contributed by atoms with E-state index in [0.29, 0.717) is 24.3 Å². The first kappa shape index (κ1) is 15.2. The van der Waals surface area contributed by atoms with Crippen molar-refractivity contribution in [3.63, 3.8) is 0 Å². The average Bonchev–Trinajstić information content (AvgIpc) is 2.35. The fraction of sp³-hybridized carbons (Fsp3) is 0.429. The molecule has 5 nitrogen and oxygen atoms in total. The van der Waals surface area contributed by atoms with Crippen LogP contribution in [-0.4, -0.2) is 18.4 Å². The Kier molecular flexibility index (Phi) is 6.02. The zero-order chi connectivity index (χ0) is 14.3. The minimum Gasteiger partial charge on any atom is -0.330 e. The molecule has 0 heterocycles. The maximum Gasteiger partial charge on any atom is 0.224 e. The van der Waals surface area contributed by atoms with Crippen LogP contribution in [0.25, 0.3) is 0 Å². The van der Waals surface area contributed by atoms with Crippen LogP contribution in [-0.2, 0) is 9.59 Å². The number of amides is 2. The Morgan fingerprint density at radius 3 is 2.42 bits per heavy atom. The zero-order valence-electron chi connectivity index (χ0n) is 11.4. The second kappa shape index (κ2) is 7.53. The largest absolute Gasteiger partial charge is 0.330 e. The quantitative estimate of drug-likeness (QED) is 0.733. The summed E-state index contributed by atoms with van der Waals surface area (Å²) in [4.78, 5) is 22.8. The summed E-state index contributed by atoms with van der Waals surface area (Å²) < 4.78 is 0. The normalized spacial score (nSPS) is 11.7. The van der Waals surface area contributed by atoms with Gasteiger partial charge in [0, 0.05) is 24.7 Å². The van der Waals surface area contributed by atoms with Crippen LogP contribution in [0.5, 0.6) is 0 Å². The minimum atomic E-state index is -0.141. The SMILES string of the molecule is CCC(CN)CC(=O)Nc1cccc(NC(C)=O)c1. The van der Waals surface area contributed by atoms with Gasteiger partial charge in [-0.3, -0.25) is 9.59 Å². The van der Waals surface area contributed by atoms with Gasteiger partial charge in [-0.25, -0.2) is 0 Å². The van der Waals surface area contributed by atoms with Crippen molar-refractivity contribution in [1.82, 2.24) is 0 Å². The van der Waals surface area contributed by atoms with Crippen molar-refractivity contribution in [3.8, 4) is 0 Å². The highest BCUT2D eigenvalue weighted by molar-refractivity contribution is 5.93. The first-order chi connectivity index (χ1) is 9.05. The maximum absolute atomic E-state index is 11.8. The van der Waals surface area contributed by atoms with E-state index in [1.807, 2.05) is 6.92 Å². The predicted molar refractivity (Wildman–Crippen MR) is 76.8 cm³/mol. The van der Waals surface area contributed by atoms with Gasteiger partial charge in [0.1, 0.15) is 0 Å². The molecule has 1 aromatic rings. The molecule has 0 bridgehead atoms. The molecular weight excluding hydrogens is 242 g/mol. The highest BCUT2D eigenvalue weighted by atomic mass is 16.2. The standard InChI is InChI=1S/C14H21N3O2/c1-3-11(9-15)7-14(19)17-13-6-4-5-12(8-13)16-10(2)18/h4-6,8,11H,3,7,9,15H2,1-2H3,(H,16,18)(H,17,19). The summed E-state index contributed by atoms with van der Waals surface area (Å²) in [7, 11) is 0. The number of anilines is 2. The first-order valence-corrected chi connectivity index (χ1v) is 6.42. The summed E-state index contributed by atoms with van der Waals surface area (Å²) in [6.07, 6.45) is 1.30. The summed E-state index contributed by atoms with van der Waals surface area (Å²) >= 11 is 0. The van der Waals surface area contributed by atoms with E-state index >= 15 is 0 Å².